The number of carbonyl (C=O) groups excluding carboxylic acids is 1. The number of hydrogen-bond donors (Lipinski definition) is 2. The normalized spacial score (nSPS) is 11.2. The predicted octanol–water partition coefficient (Wildman–Crippen LogP) is 4.17. The summed E-state index contributed by atoms with van der Waals surface area (Å²) in [5, 5.41) is 12.7. The summed E-state index contributed by atoms with van der Waals surface area (Å²) in [5.41, 5.74) is 4.69. The molecule has 0 bridgehead atoms. The molecule has 0 saturated heterocycles. The molecule has 29 heavy (non-hydrogen) atoms. The van der Waals surface area contributed by atoms with Crippen molar-refractivity contribution < 1.29 is 23.8 Å². The summed E-state index contributed by atoms with van der Waals surface area (Å²) >= 11 is 1.29. The number of rotatable bonds is 7. The average Bonchev–Trinajstić information content (AvgIpc) is 3.21. The van der Waals surface area contributed by atoms with Gasteiger partial charge in [0, 0.05) is 4.88 Å². The third-order valence-corrected chi connectivity index (χ3v) is 5.05. The van der Waals surface area contributed by atoms with Crippen molar-refractivity contribution in [1.29, 1.82) is 0 Å². The minimum atomic E-state index is -1.05. The van der Waals surface area contributed by atoms with E-state index in [2.05, 4.69) is 10.5 Å². The largest absolute Gasteiger partial charge is 0.482 e. The molecule has 8 heteroatoms. The molecule has 0 radical (unpaired) electrons. The average molecular weight is 412 g/mol. The van der Waals surface area contributed by atoms with Crippen molar-refractivity contribution >= 4 is 28.9 Å². The predicted molar refractivity (Wildman–Crippen MR) is 109 cm³/mol. The van der Waals surface area contributed by atoms with E-state index in [-0.39, 0.29) is 11.7 Å². The number of nitrogens with one attached hydrogen (secondary N) is 1. The van der Waals surface area contributed by atoms with Gasteiger partial charge in [-0.05, 0) is 66.6 Å². The molecule has 0 fully saturated rings. The molecule has 1 aromatic heterocycles. The van der Waals surface area contributed by atoms with Crippen LogP contribution in [0.3, 0.4) is 0 Å². The zero-order valence-electron chi connectivity index (χ0n) is 15.4. The lowest BCUT2D eigenvalue weighted by atomic mass is 10.1. The highest BCUT2D eigenvalue weighted by molar-refractivity contribution is 7.17. The van der Waals surface area contributed by atoms with Gasteiger partial charge in [0.15, 0.2) is 6.61 Å². The van der Waals surface area contributed by atoms with Gasteiger partial charge in [-0.3, -0.25) is 4.79 Å². The molecule has 1 amide bonds. The van der Waals surface area contributed by atoms with Crippen molar-refractivity contribution in [3.8, 4) is 16.2 Å². The maximum absolute atomic E-state index is 13.0. The van der Waals surface area contributed by atoms with Crippen LogP contribution < -0.4 is 10.2 Å². The topological polar surface area (TPSA) is 88.0 Å². The monoisotopic (exact) mass is 412 g/mol. The number of nitrogens with zero attached hydrogens (tertiary/aromatic N) is 1. The SMILES string of the molecule is C/C(=N/NC(=O)c1ccc(-c2ccc(F)cc2)s1)c1ccc(OCC(=O)O)cc1. The molecule has 0 saturated carbocycles. The molecular formula is C21H17FN2O4S. The maximum Gasteiger partial charge on any atom is 0.341 e. The van der Waals surface area contributed by atoms with E-state index in [0.717, 1.165) is 16.0 Å². The van der Waals surface area contributed by atoms with Crippen LogP contribution in [-0.2, 0) is 4.79 Å². The van der Waals surface area contributed by atoms with Crippen LogP contribution in [0.1, 0.15) is 22.2 Å². The molecule has 6 nitrogen and oxygen atoms in total. The summed E-state index contributed by atoms with van der Waals surface area (Å²) in [5.74, 6) is -1.27. The Labute approximate surface area is 170 Å². The third kappa shape index (κ3) is 5.49. The summed E-state index contributed by atoms with van der Waals surface area (Å²) in [6.07, 6.45) is 0. The molecular weight excluding hydrogens is 395 g/mol. The second kappa shape index (κ2) is 9.11. The van der Waals surface area contributed by atoms with Gasteiger partial charge in [-0.2, -0.15) is 5.10 Å². The highest BCUT2D eigenvalue weighted by Crippen LogP contribution is 2.28. The number of thiophene rings is 1. The molecule has 1 heterocycles. The van der Waals surface area contributed by atoms with E-state index in [1.54, 1.807) is 55.5 Å². The number of carboxylic acids is 1. The molecule has 0 aliphatic heterocycles. The summed E-state index contributed by atoms with van der Waals surface area (Å²) in [4.78, 5) is 24.2. The van der Waals surface area contributed by atoms with Gasteiger partial charge in [0.05, 0.1) is 10.6 Å². The van der Waals surface area contributed by atoms with E-state index < -0.39 is 12.6 Å². The molecule has 0 atom stereocenters. The number of benzene rings is 2. The molecule has 148 valence electrons. The van der Waals surface area contributed by atoms with Crippen LogP contribution in [0.4, 0.5) is 4.39 Å². The standard InChI is InChI=1S/C21H17FN2O4S/c1-13(14-4-8-17(9-5-14)28-12-20(25)26)23-24-21(27)19-11-10-18(29-19)15-2-6-16(22)7-3-15/h2-11H,12H2,1H3,(H,24,27)(H,25,26)/b23-13-. The Hall–Kier alpha value is -3.52. The molecule has 0 unspecified atom stereocenters. The molecule has 3 aromatic rings. The minimum absolute atomic E-state index is 0.311. The van der Waals surface area contributed by atoms with Crippen molar-refractivity contribution in [2.45, 2.75) is 6.92 Å². The Morgan fingerprint density at radius 3 is 2.41 bits per heavy atom. The summed E-state index contributed by atoms with van der Waals surface area (Å²) in [6, 6.07) is 16.3. The van der Waals surface area contributed by atoms with E-state index >= 15 is 0 Å². The highest BCUT2D eigenvalue weighted by atomic mass is 32.1. The number of carboxylic acid groups (broad SMARTS) is 1. The van der Waals surface area contributed by atoms with Crippen LogP contribution in [-0.4, -0.2) is 29.3 Å². The van der Waals surface area contributed by atoms with Crippen molar-refractivity contribution in [3.05, 3.63) is 76.9 Å². The summed E-state index contributed by atoms with van der Waals surface area (Å²) in [6.45, 7) is 1.33. The number of aliphatic carboxylic acids is 1. The number of hydrogen-bond acceptors (Lipinski definition) is 5. The van der Waals surface area contributed by atoms with E-state index in [4.69, 9.17) is 9.84 Å². The van der Waals surface area contributed by atoms with Gasteiger partial charge >= 0.3 is 5.97 Å². The van der Waals surface area contributed by atoms with Gasteiger partial charge in [0.25, 0.3) is 5.91 Å². The summed E-state index contributed by atoms with van der Waals surface area (Å²) < 4.78 is 18.1. The quantitative estimate of drug-likeness (QED) is 0.450. The smallest absolute Gasteiger partial charge is 0.341 e. The zero-order chi connectivity index (χ0) is 20.8. The summed E-state index contributed by atoms with van der Waals surface area (Å²) in [7, 11) is 0. The maximum atomic E-state index is 13.0. The van der Waals surface area contributed by atoms with E-state index in [9.17, 15) is 14.0 Å². The zero-order valence-corrected chi connectivity index (χ0v) is 16.2. The van der Waals surface area contributed by atoms with Gasteiger partial charge in [-0.15, -0.1) is 11.3 Å². The lowest BCUT2D eigenvalue weighted by Crippen LogP contribution is -2.18. The Morgan fingerprint density at radius 1 is 1.07 bits per heavy atom. The van der Waals surface area contributed by atoms with Gasteiger partial charge in [0.1, 0.15) is 11.6 Å². The second-order valence-corrected chi connectivity index (χ2v) is 7.10. The first-order chi connectivity index (χ1) is 13.9. The van der Waals surface area contributed by atoms with E-state index in [0.29, 0.717) is 16.3 Å². The van der Waals surface area contributed by atoms with Crippen molar-refractivity contribution in [2.24, 2.45) is 5.10 Å². The molecule has 0 aliphatic rings. The van der Waals surface area contributed by atoms with Gasteiger partial charge in [-0.25, -0.2) is 14.6 Å². The Balaban J connectivity index is 1.62. The van der Waals surface area contributed by atoms with Crippen LogP contribution in [0.25, 0.3) is 10.4 Å². The fraction of sp³-hybridized carbons (Fsp3) is 0.0952. The van der Waals surface area contributed by atoms with Gasteiger partial charge in [0.2, 0.25) is 0 Å². The first kappa shape index (κ1) is 20.2. The lowest BCUT2D eigenvalue weighted by Gasteiger charge is -2.05. The van der Waals surface area contributed by atoms with Gasteiger partial charge in [-0.1, -0.05) is 12.1 Å². The van der Waals surface area contributed by atoms with Crippen LogP contribution in [0.5, 0.6) is 5.75 Å². The van der Waals surface area contributed by atoms with E-state index in [1.807, 2.05) is 0 Å². The Morgan fingerprint density at radius 2 is 1.76 bits per heavy atom. The van der Waals surface area contributed by atoms with Crippen LogP contribution in [0.15, 0.2) is 65.8 Å². The molecule has 2 aromatic carbocycles. The first-order valence-corrected chi connectivity index (χ1v) is 9.39. The Bertz CT molecular complexity index is 1040. The Kier molecular flexibility index (Phi) is 6.36. The van der Waals surface area contributed by atoms with Crippen LogP contribution >= 0.6 is 11.3 Å². The van der Waals surface area contributed by atoms with Crippen molar-refractivity contribution in [2.75, 3.05) is 6.61 Å². The highest BCUT2D eigenvalue weighted by Gasteiger charge is 2.10. The first-order valence-electron chi connectivity index (χ1n) is 8.58. The number of amides is 1. The second-order valence-electron chi connectivity index (χ2n) is 6.02. The van der Waals surface area contributed by atoms with E-state index in [1.165, 1.54) is 23.5 Å². The fourth-order valence-corrected chi connectivity index (χ4v) is 3.32. The van der Waals surface area contributed by atoms with Crippen LogP contribution in [0.2, 0.25) is 0 Å². The van der Waals surface area contributed by atoms with Crippen molar-refractivity contribution in [3.63, 3.8) is 0 Å². The van der Waals surface area contributed by atoms with Crippen LogP contribution in [0, 0.1) is 5.82 Å². The number of halogens is 1. The minimum Gasteiger partial charge on any atom is -0.482 e. The van der Waals surface area contributed by atoms with Crippen molar-refractivity contribution in [1.82, 2.24) is 5.43 Å². The molecule has 0 spiro atoms. The number of hydrazone groups is 1. The number of carbonyl (C=O) groups is 2. The molecule has 2 N–H and O–H groups in total. The molecule has 3 rings (SSSR count). The lowest BCUT2D eigenvalue weighted by molar-refractivity contribution is -0.139. The number of ether oxygens (including phenoxy) is 1. The fourth-order valence-electron chi connectivity index (χ4n) is 2.42. The third-order valence-electron chi connectivity index (χ3n) is 3.92. The van der Waals surface area contributed by atoms with Gasteiger partial charge < -0.3 is 9.84 Å². The molecule has 0 aliphatic carbocycles.